The maximum Gasteiger partial charge on any atom is 0.410 e. The topological polar surface area (TPSA) is 75.7 Å². The molecule has 2 aliphatic rings. The third-order valence-corrected chi connectivity index (χ3v) is 7.54. The molecule has 1 aromatic rings. The highest BCUT2D eigenvalue weighted by atomic mass is 35.5. The lowest BCUT2D eigenvalue weighted by atomic mass is 10.00. The van der Waals surface area contributed by atoms with Gasteiger partial charge in [-0.3, -0.25) is 0 Å². The van der Waals surface area contributed by atoms with Crippen LogP contribution in [-0.4, -0.2) is 49.9 Å². The zero-order chi connectivity index (χ0) is 20.0. The van der Waals surface area contributed by atoms with Crippen molar-refractivity contribution in [1.29, 1.82) is 0 Å². The fourth-order valence-electron chi connectivity index (χ4n) is 3.42. The fraction of sp³-hybridized carbons (Fsp3) is 0.611. The number of amides is 1. The van der Waals surface area contributed by atoms with Gasteiger partial charge in [0.15, 0.2) is 9.84 Å². The summed E-state index contributed by atoms with van der Waals surface area (Å²) in [6.45, 7) is 6.81. The number of hydrogen-bond acceptors (Lipinski definition) is 5. The van der Waals surface area contributed by atoms with Crippen LogP contribution in [0.3, 0.4) is 0 Å². The van der Waals surface area contributed by atoms with Crippen LogP contribution in [0.4, 0.5) is 4.79 Å². The van der Waals surface area contributed by atoms with Crippen LogP contribution in [0, 0.1) is 0 Å². The maximum atomic E-state index is 12.4. The number of rotatable bonds is 4. The van der Waals surface area contributed by atoms with E-state index in [1.54, 1.807) is 17.0 Å². The third-order valence-electron chi connectivity index (χ3n) is 4.79. The Kier molecular flexibility index (Phi) is 5.70. The standard InChI is InChI=1S/C18H24Cl2N2O4S/c1-18(2,3)26-17(23)22-9-7-11(22)6-8-21-14-10-27(24,25)16-12(14)4-5-13(19)15(16)20/h4-5,11,14,21H,6-10H2,1-3H3/t11-,14?/m1/s1. The molecule has 1 unspecified atom stereocenters. The Labute approximate surface area is 170 Å². The Morgan fingerprint density at radius 3 is 2.63 bits per heavy atom. The summed E-state index contributed by atoms with van der Waals surface area (Å²) in [6.07, 6.45) is 1.35. The van der Waals surface area contributed by atoms with Gasteiger partial charge >= 0.3 is 6.09 Å². The molecule has 0 spiro atoms. The summed E-state index contributed by atoms with van der Waals surface area (Å²) >= 11 is 12.1. The molecule has 0 radical (unpaired) electrons. The van der Waals surface area contributed by atoms with E-state index in [4.69, 9.17) is 27.9 Å². The highest BCUT2D eigenvalue weighted by Gasteiger charge is 2.38. The van der Waals surface area contributed by atoms with Crippen molar-refractivity contribution in [2.45, 2.75) is 56.2 Å². The van der Waals surface area contributed by atoms with Gasteiger partial charge in [0.2, 0.25) is 0 Å². The van der Waals surface area contributed by atoms with Gasteiger partial charge < -0.3 is 15.0 Å². The van der Waals surface area contributed by atoms with E-state index in [-0.39, 0.29) is 38.9 Å². The average molecular weight is 435 g/mol. The third kappa shape index (κ3) is 4.36. The molecule has 1 saturated heterocycles. The number of carbonyl (C=O) groups excluding carboxylic acids is 1. The first-order chi connectivity index (χ1) is 12.5. The maximum absolute atomic E-state index is 12.4. The molecule has 9 heteroatoms. The summed E-state index contributed by atoms with van der Waals surface area (Å²) < 4.78 is 30.3. The van der Waals surface area contributed by atoms with Crippen LogP contribution in [0.5, 0.6) is 0 Å². The Bertz CT molecular complexity index is 852. The molecule has 3 rings (SSSR count). The van der Waals surface area contributed by atoms with E-state index < -0.39 is 15.4 Å². The normalized spacial score (nSPS) is 23.7. The van der Waals surface area contributed by atoms with Gasteiger partial charge in [-0.25, -0.2) is 13.2 Å². The molecule has 1 fully saturated rings. The Morgan fingerprint density at radius 1 is 1.33 bits per heavy atom. The number of halogens is 2. The first-order valence-electron chi connectivity index (χ1n) is 8.93. The Morgan fingerprint density at radius 2 is 2.04 bits per heavy atom. The molecule has 1 amide bonds. The van der Waals surface area contributed by atoms with Crippen molar-refractivity contribution in [3.8, 4) is 0 Å². The van der Waals surface area contributed by atoms with Gasteiger partial charge in [0, 0.05) is 18.6 Å². The van der Waals surface area contributed by atoms with Crippen LogP contribution < -0.4 is 5.32 Å². The lowest BCUT2D eigenvalue weighted by molar-refractivity contribution is -0.00658. The summed E-state index contributed by atoms with van der Waals surface area (Å²) in [5.41, 5.74) is 0.139. The van der Waals surface area contributed by atoms with E-state index in [1.807, 2.05) is 20.8 Å². The highest BCUT2D eigenvalue weighted by Crippen LogP contribution is 2.41. The summed E-state index contributed by atoms with van der Waals surface area (Å²) in [6, 6.07) is 3.12. The van der Waals surface area contributed by atoms with Crippen LogP contribution in [0.1, 0.15) is 45.2 Å². The smallest absolute Gasteiger partial charge is 0.410 e. The second-order valence-electron chi connectivity index (χ2n) is 7.97. The number of carbonyl (C=O) groups is 1. The number of likely N-dealkylation sites (tertiary alicyclic amines) is 1. The summed E-state index contributed by atoms with van der Waals surface area (Å²) in [7, 11) is -3.46. The van der Waals surface area contributed by atoms with E-state index in [1.165, 1.54) is 0 Å². The van der Waals surface area contributed by atoms with E-state index >= 15 is 0 Å². The van der Waals surface area contributed by atoms with Crippen molar-refractivity contribution < 1.29 is 17.9 Å². The van der Waals surface area contributed by atoms with E-state index in [0.29, 0.717) is 18.7 Å². The molecule has 2 atom stereocenters. The van der Waals surface area contributed by atoms with Crippen LogP contribution in [-0.2, 0) is 14.6 Å². The van der Waals surface area contributed by atoms with Crippen molar-refractivity contribution in [2.24, 2.45) is 0 Å². The van der Waals surface area contributed by atoms with Gasteiger partial charge in [-0.1, -0.05) is 29.3 Å². The monoisotopic (exact) mass is 434 g/mol. The van der Waals surface area contributed by atoms with Crippen molar-refractivity contribution >= 4 is 39.1 Å². The van der Waals surface area contributed by atoms with Crippen molar-refractivity contribution in [2.75, 3.05) is 18.8 Å². The second-order valence-corrected chi connectivity index (χ2v) is 10.7. The van der Waals surface area contributed by atoms with Crippen molar-refractivity contribution in [3.63, 3.8) is 0 Å². The minimum Gasteiger partial charge on any atom is -0.444 e. The van der Waals surface area contributed by atoms with Crippen LogP contribution in [0.25, 0.3) is 0 Å². The first kappa shape index (κ1) is 20.7. The van der Waals surface area contributed by atoms with E-state index in [9.17, 15) is 13.2 Å². The molecule has 0 saturated carbocycles. The molecule has 150 valence electrons. The van der Waals surface area contributed by atoms with Crippen molar-refractivity contribution in [3.05, 3.63) is 27.7 Å². The number of benzene rings is 1. The zero-order valence-electron chi connectivity index (χ0n) is 15.6. The van der Waals surface area contributed by atoms with Gasteiger partial charge in [0.05, 0.1) is 20.7 Å². The number of fused-ring (bicyclic) bond motifs is 1. The Hall–Kier alpha value is -1.02. The number of nitrogens with one attached hydrogen (secondary N) is 1. The van der Waals surface area contributed by atoms with E-state index in [0.717, 1.165) is 12.8 Å². The van der Waals surface area contributed by atoms with Gasteiger partial charge in [-0.15, -0.1) is 0 Å². The lowest BCUT2D eigenvalue weighted by Crippen LogP contribution is -2.53. The molecule has 2 heterocycles. The molecule has 1 N–H and O–H groups in total. The van der Waals surface area contributed by atoms with Crippen molar-refractivity contribution in [1.82, 2.24) is 10.2 Å². The quantitative estimate of drug-likeness (QED) is 0.779. The molecule has 0 bridgehead atoms. The van der Waals surface area contributed by atoms with Crippen LogP contribution in [0.15, 0.2) is 17.0 Å². The molecule has 6 nitrogen and oxygen atoms in total. The molecular weight excluding hydrogens is 411 g/mol. The van der Waals surface area contributed by atoms with Crippen LogP contribution >= 0.6 is 23.2 Å². The molecule has 2 aliphatic heterocycles. The molecule has 1 aromatic carbocycles. The average Bonchev–Trinajstić information content (AvgIpc) is 2.75. The second kappa shape index (κ2) is 7.43. The van der Waals surface area contributed by atoms with E-state index in [2.05, 4.69) is 5.32 Å². The number of sulfone groups is 1. The SMILES string of the molecule is CC(C)(C)OC(=O)N1CC[C@H]1CCNC1CS(=O)(=O)c2c1ccc(Cl)c2Cl. The molecule has 0 aliphatic carbocycles. The van der Waals surface area contributed by atoms with Gasteiger partial charge in [0.25, 0.3) is 0 Å². The Balaban J connectivity index is 1.58. The summed E-state index contributed by atoms with van der Waals surface area (Å²) in [4.78, 5) is 14.0. The summed E-state index contributed by atoms with van der Waals surface area (Å²) in [5.74, 6) is -0.0388. The van der Waals surface area contributed by atoms with Gasteiger partial charge in [-0.05, 0) is 51.8 Å². The predicted octanol–water partition coefficient (Wildman–Crippen LogP) is 3.81. The largest absolute Gasteiger partial charge is 0.444 e. The van der Waals surface area contributed by atoms with Gasteiger partial charge in [0.1, 0.15) is 5.60 Å². The van der Waals surface area contributed by atoms with Crippen LogP contribution in [0.2, 0.25) is 10.0 Å². The number of nitrogens with zero attached hydrogens (tertiary/aromatic N) is 1. The zero-order valence-corrected chi connectivity index (χ0v) is 17.9. The number of hydrogen-bond donors (Lipinski definition) is 1. The molecule has 27 heavy (non-hydrogen) atoms. The fourth-order valence-corrected chi connectivity index (χ4v) is 6.02. The summed E-state index contributed by atoms with van der Waals surface area (Å²) in [5, 5.41) is 3.62. The minimum atomic E-state index is -3.46. The first-order valence-corrected chi connectivity index (χ1v) is 11.3. The van der Waals surface area contributed by atoms with Gasteiger partial charge in [-0.2, -0.15) is 0 Å². The molecule has 0 aromatic heterocycles. The molecular formula is C18H24Cl2N2O4S. The highest BCUT2D eigenvalue weighted by molar-refractivity contribution is 7.92. The lowest BCUT2D eigenvalue weighted by Gasteiger charge is -2.41. The predicted molar refractivity (Wildman–Crippen MR) is 105 cm³/mol. The number of ether oxygens (including phenoxy) is 1. The minimum absolute atomic E-state index is 0.0388.